The van der Waals surface area contributed by atoms with Gasteiger partial charge in [-0.05, 0) is 30.7 Å². The van der Waals surface area contributed by atoms with Crippen molar-refractivity contribution in [1.29, 1.82) is 0 Å². The summed E-state index contributed by atoms with van der Waals surface area (Å²) in [6.45, 7) is 1.59. The highest BCUT2D eigenvalue weighted by molar-refractivity contribution is 6.04. The standard InChI is InChI=1S/C16H18N4O3.ClH/c17-9-14-7-11(10-23-14)15(21)19-12-3-1-4-13(8-12)20-6-2-5-18-16(20)22;/h1,3-4,7-8,10H,2,5-6,9,17H2,(H,18,22)(H,19,21);1H. The molecular formula is C16H19ClN4O3. The monoisotopic (exact) mass is 350 g/mol. The van der Waals surface area contributed by atoms with Gasteiger partial charge in [0.25, 0.3) is 5.91 Å². The van der Waals surface area contributed by atoms with Gasteiger partial charge in [0.2, 0.25) is 0 Å². The Hall–Kier alpha value is -2.51. The Morgan fingerprint density at radius 2 is 2.21 bits per heavy atom. The molecular weight excluding hydrogens is 332 g/mol. The van der Waals surface area contributed by atoms with Gasteiger partial charge in [-0.3, -0.25) is 9.69 Å². The van der Waals surface area contributed by atoms with Crippen molar-refractivity contribution >= 4 is 35.7 Å². The molecule has 0 radical (unpaired) electrons. The third-order valence-corrected chi connectivity index (χ3v) is 3.61. The molecule has 8 heteroatoms. The first-order valence-corrected chi connectivity index (χ1v) is 7.41. The van der Waals surface area contributed by atoms with Crippen molar-refractivity contribution in [2.24, 2.45) is 5.73 Å². The third-order valence-electron chi connectivity index (χ3n) is 3.61. The summed E-state index contributed by atoms with van der Waals surface area (Å²) in [4.78, 5) is 25.7. The summed E-state index contributed by atoms with van der Waals surface area (Å²) in [6, 6.07) is 8.66. The largest absolute Gasteiger partial charge is 0.467 e. The predicted molar refractivity (Wildman–Crippen MR) is 93.6 cm³/mol. The smallest absolute Gasteiger partial charge is 0.321 e. The van der Waals surface area contributed by atoms with E-state index in [0.717, 1.165) is 12.1 Å². The maximum Gasteiger partial charge on any atom is 0.321 e. The van der Waals surface area contributed by atoms with E-state index >= 15 is 0 Å². The number of nitrogens with two attached hydrogens (primary N) is 1. The van der Waals surface area contributed by atoms with Crippen molar-refractivity contribution in [2.75, 3.05) is 23.3 Å². The molecule has 0 bridgehead atoms. The zero-order valence-electron chi connectivity index (χ0n) is 13.0. The fourth-order valence-electron chi connectivity index (χ4n) is 2.44. The van der Waals surface area contributed by atoms with Crippen LogP contribution in [0.5, 0.6) is 0 Å². The Morgan fingerprint density at radius 1 is 1.38 bits per heavy atom. The van der Waals surface area contributed by atoms with E-state index in [4.69, 9.17) is 10.2 Å². The lowest BCUT2D eigenvalue weighted by Gasteiger charge is -2.27. The van der Waals surface area contributed by atoms with Crippen molar-refractivity contribution in [3.05, 3.63) is 47.9 Å². The van der Waals surface area contributed by atoms with E-state index in [-0.39, 0.29) is 30.9 Å². The van der Waals surface area contributed by atoms with Crippen LogP contribution in [-0.2, 0) is 6.54 Å². The van der Waals surface area contributed by atoms with Crippen LogP contribution in [0.15, 0.2) is 41.0 Å². The highest BCUT2D eigenvalue weighted by atomic mass is 35.5. The SMILES string of the molecule is Cl.NCc1cc(C(=O)Nc2cccc(N3CCCNC3=O)c2)co1. The summed E-state index contributed by atoms with van der Waals surface area (Å²) in [5, 5.41) is 5.59. The number of anilines is 2. The highest BCUT2D eigenvalue weighted by Gasteiger charge is 2.19. The van der Waals surface area contributed by atoms with Crippen LogP contribution in [0, 0.1) is 0 Å². The lowest BCUT2D eigenvalue weighted by atomic mass is 10.2. The van der Waals surface area contributed by atoms with Crippen LogP contribution in [-0.4, -0.2) is 25.0 Å². The van der Waals surface area contributed by atoms with Crippen molar-refractivity contribution in [3.8, 4) is 0 Å². The third kappa shape index (κ3) is 3.87. The van der Waals surface area contributed by atoms with Crippen LogP contribution in [0.1, 0.15) is 22.5 Å². The summed E-state index contributed by atoms with van der Waals surface area (Å²) in [6.07, 6.45) is 2.26. The number of nitrogens with zero attached hydrogens (tertiary/aromatic N) is 1. The Morgan fingerprint density at radius 3 is 2.92 bits per heavy atom. The lowest BCUT2D eigenvalue weighted by molar-refractivity contribution is 0.102. The van der Waals surface area contributed by atoms with Gasteiger partial charge in [0.1, 0.15) is 12.0 Å². The fraction of sp³-hybridized carbons (Fsp3) is 0.250. The van der Waals surface area contributed by atoms with Gasteiger partial charge in [0.05, 0.1) is 12.1 Å². The Balaban J connectivity index is 0.00000208. The number of nitrogens with one attached hydrogen (secondary N) is 2. The average molecular weight is 351 g/mol. The second-order valence-corrected chi connectivity index (χ2v) is 5.25. The van der Waals surface area contributed by atoms with Gasteiger partial charge in [-0.2, -0.15) is 0 Å². The Kier molecular flexibility index (Phi) is 5.83. The second-order valence-electron chi connectivity index (χ2n) is 5.25. The van der Waals surface area contributed by atoms with Gasteiger partial charge < -0.3 is 20.8 Å². The maximum atomic E-state index is 12.2. The Bertz CT molecular complexity index is 732. The zero-order valence-corrected chi connectivity index (χ0v) is 13.8. The molecule has 24 heavy (non-hydrogen) atoms. The number of carbonyl (C=O) groups is 2. The van der Waals surface area contributed by atoms with Crippen molar-refractivity contribution < 1.29 is 14.0 Å². The van der Waals surface area contributed by atoms with Gasteiger partial charge in [-0.15, -0.1) is 12.4 Å². The van der Waals surface area contributed by atoms with E-state index in [1.807, 2.05) is 6.07 Å². The first-order valence-electron chi connectivity index (χ1n) is 7.41. The number of carbonyl (C=O) groups excluding carboxylic acids is 2. The van der Waals surface area contributed by atoms with Gasteiger partial charge in [-0.1, -0.05) is 6.07 Å². The summed E-state index contributed by atoms with van der Waals surface area (Å²) in [5.41, 5.74) is 7.23. The molecule has 1 aromatic heterocycles. The topological polar surface area (TPSA) is 101 Å². The van der Waals surface area contributed by atoms with E-state index in [2.05, 4.69) is 10.6 Å². The summed E-state index contributed by atoms with van der Waals surface area (Å²) in [5.74, 6) is 0.266. The fourth-order valence-corrected chi connectivity index (χ4v) is 2.44. The number of hydrogen-bond acceptors (Lipinski definition) is 4. The molecule has 4 N–H and O–H groups in total. The zero-order chi connectivity index (χ0) is 16.2. The summed E-state index contributed by atoms with van der Waals surface area (Å²) in [7, 11) is 0. The molecule has 1 aliphatic heterocycles. The first kappa shape index (κ1) is 17.8. The van der Waals surface area contributed by atoms with Crippen LogP contribution in [0.3, 0.4) is 0 Å². The van der Waals surface area contributed by atoms with Crippen molar-refractivity contribution in [1.82, 2.24) is 5.32 Å². The highest BCUT2D eigenvalue weighted by Crippen LogP contribution is 2.22. The number of halogens is 1. The number of furan rings is 1. The van der Waals surface area contributed by atoms with Gasteiger partial charge in [0.15, 0.2) is 0 Å². The van der Waals surface area contributed by atoms with E-state index < -0.39 is 0 Å². The van der Waals surface area contributed by atoms with Gasteiger partial charge in [0, 0.05) is 24.5 Å². The molecule has 1 aliphatic rings. The van der Waals surface area contributed by atoms with Crippen molar-refractivity contribution in [3.63, 3.8) is 0 Å². The number of urea groups is 1. The molecule has 128 valence electrons. The van der Waals surface area contributed by atoms with E-state index in [1.165, 1.54) is 6.26 Å². The molecule has 0 saturated carbocycles. The number of amides is 3. The molecule has 3 rings (SSSR count). The molecule has 0 atom stereocenters. The first-order chi connectivity index (χ1) is 11.2. The minimum absolute atomic E-state index is 0. The molecule has 2 aromatic rings. The number of hydrogen-bond donors (Lipinski definition) is 3. The van der Waals surface area contributed by atoms with E-state index in [0.29, 0.717) is 30.1 Å². The molecule has 0 unspecified atom stereocenters. The number of rotatable bonds is 4. The molecule has 0 spiro atoms. The van der Waals surface area contributed by atoms with Gasteiger partial charge >= 0.3 is 6.03 Å². The van der Waals surface area contributed by atoms with Crippen LogP contribution in [0.25, 0.3) is 0 Å². The quantitative estimate of drug-likeness (QED) is 0.787. The minimum atomic E-state index is -0.284. The summed E-state index contributed by atoms with van der Waals surface area (Å²) >= 11 is 0. The van der Waals surface area contributed by atoms with Crippen molar-refractivity contribution in [2.45, 2.75) is 13.0 Å². The average Bonchev–Trinajstić information content (AvgIpc) is 3.05. The lowest BCUT2D eigenvalue weighted by Crippen LogP contribution is -2.46. The predicted octanol–water partition coefficient (Wildman–Crippen LogP) is 2.33. The summed E-state index contributed by atoms with van der Waals surface area (Å²) < 4.78 is 5.16. The van der Waals surface area contributed by atoms with Crippen LogP contribution >= 0.6 is 12.4 Å². The molecule has 1 aromatic carbocycles. The maximum absolute atomic E-state index is 12.2. The van der Waals surface area contributed by atoms with Gasteiger partial charge in [-0.25, -0.2) is 4.79 Å². The van der Waals surface area contributed by atoms with Crippen LogP contribution in [0.2, 0.25) is 0 Å². The van der Waals surface area contributed by atoms with Crippen LogP contribution in [0.4, 0.5) is 16.2 Å². The minimum Gasteiger partial charge on any atom is -0.467 e. The van der Waals surface area contributed by atoms with Crippen LogP contribution < -0.4 is 21.3 Å². The molecule has 1 fully saturated rings. The molecule has 0 aliphatic carbocycles. The van der Waals surface area contributed by atoms with E-state index in [9.17, 15) is 9.59 Å². The molecule has 2 heterocycles. The molecule has 3 amide bonds. The Labute approximate surface area is 145 Å². The molecule has 7 nitrogen and oxygen atoms in total. The second kappa shape index (κ2) is 7.85. The molecule has 1 saturated heterocycles. The van der Waals surface area contributed by atoms with E-state index in [1.54, 1.807) is 29.2 Å². The normalized spacial score (nSPS) is 13.9. The number of benzene rings is 1.